The highest BCUT2D eigenvalue weighted by molar-refractivity contribution is 5.98. The van der Waals surface area contributed by atoms with Gasteiger partial charge < -0.3 is 0 Å². The number of imidazole rings is 1. The topological polar surface area (TPSA) is 43.6 Å². The fourth-order valence-corrected chi connectivity index (χ4v) is 5.67. The summed E-state index contributed by atoms with van der Waals surface area (Å²) in [4.78, 5) is 15.2. The van der Waals surface area contributed by atoms with Crippen LogP contribution in [0.5, 0.6) is 0 Å². The molecule has 2 heterocycles. The Morgan fingerprint density at radius 1 is 0.439 bits per heavy atom. The van der Waals surface area contributed by atoms with Gasteiger partial charge in [-0.25, -0.2) is 15.0 Å². The first-order valence-electron chi connectivity index (χ1n) is 13.7. The Hall–Kier alpha value is -5.61. The number of rotatable bonds is 4. The lowest BCUT2D eigenvalue weighted by atomic mass is 10.0. The van der Waals surface area contributed by atoms with Gasteiger partial charge in [0.25, 0.3) is 0 Å². The van der Waals surface area contributed by atoms with Crippen LogP contribution >= 0.6 is 0 Å². The second-order valence-corrected chi connectivity index (χ2v) is 10.1. The molecule has 0 amide bonds. The van der Waals surface area contributed by atoms with Gasteiger partial charge >= 0.3 is 0 Å². The van der Waals surface area contributed by atoms with Crippen molar-refractivity contribution in [1.82, 2.24) is 19.5 Å². The first-order chi connectivity index (χ1) is 20.3. The van der Waals surface area contributed by atoms with Crippen LogP contribution in [0.15, 0.2) is 146 Å². The SMILES string of the molecule is c1ccc(-n2c(-c3ccc(-c4nc(-c5cccc6ccccc56)nc5ccccc45)cc3)nc3ccccc32)cc1. The number of nitrogens with zero attached hydrogens (tertiary/aromatic N) is 4. The van der Waals surface area contributed by atoms with Crippen molar-refractivity contribution in [3.8, 4) is 39.7 Å². The van der Waals surface area contributed by atoms with E-state index in [1.54, 1.807) is 0 Å². The van der Waals surface area contributed by atoms with Crippen molar-refractivity contribution in [3.05, 3.63) is 146 Å². The second-order valence-electron chi connectivity index (χ2n) is 10.1. The lowest BCUT2D eigenvalue weighted by Gasteiger charge is -2.12. The highest BCUT2D eigenvalue weighted by Crippen LogP contribution is 2.34. The Morgan fingerprint density at radius 3 is 1.95 bits per heavy atom. The van der Waals surface area contributed by atoms with E-state index in [4.69, 9.17) is 15.0 Å². The van der Waals surface area contributed by atoms with E-state index in [0.29, 0.717) is 0 Å². The molecule has 0 unspecified atom stereocenters. The van der Waals surface area contributed by atoms with E-state index in [9.17, 15) is 0 Å². The van der Waals surface area contributed by atoms with Crippen molar-refractivity contribution in [2.75, 3.05) is 0 Å². The van der Waals surface area contributed by atoms with Gasteiger partial charge in [-0.15, -0.1) is 0 Å². The number of aromatic nitrogens is 4. The zero-order chi connectivity index (χ0) is 27.2. The molecule has 8 rings (SSSR count). The van der Waals surface area contributed by atoms with Crippen LogP contribution in [0, 0.1) is 0 Å². The molecule has 0 atom stereocenters. The molecule has 0 aliphatic rings. The molecule has 8 aromatic rings. The molecule has 0 saturated carbocycles. The summed E-state index contributed by atoms with van der Waals surface area (Å²) in [5.41, 5.74) is 8.09. The maximum atomic E-state index is 5.16. The first kappa shape index (κ1) is 23.3. The summed E-state index contributed by atoms with van der Waals surface area (Å²) in [6.07, 6.45) is 0. The minimum absolute atomic E-state index is 0.727. The summed E-state index contributed by atoms with van der Waals surface area (Å²) in [5.74, 6) is 1.64. The van der Waals surface area contributed by atoms with Gasteiger partial charge in [0.1, 0.15) is 5.82 Å². The van der Waals surface area contributed by atoms with Crippen LogP contribution in [0.25, 0.3) is 72.4 Å². The minimum atomic E-state index is 0.727. The van der Waals surface area contributed by atoms with Gasteiger partial charge in [0.05, 0.1) is 22.2 Å². The summed E-state index contributed by atoms with van der Waals surface area (Å²) in [7, 11) is 0. The van der Waals surface area contributed by atoms with Crippen LogP contribution in [0.1, 0.15) is 0 Å². The van der Waals surface area contributed by atoms with E-state index in [-0.39, 0.29) is 0 Å². The zero-order valence-corrected chi connectivity index (χ0v) is 22.1. The van der Waals surface area contributed by atoms with Gasteiger partial charge in [-0.2, -0.15) is 0 Å². The van der Waals surface area contributed by atoms with Crippen LogP contribution in [0.3, 0.4) is 0 Å². The lowest BCUT2D eigenvalue weighted by molar-refractivity contribution is 1.10. The van der Waals surface area contributed by atoms with Crippen LogP contribution in [-0.4, -0.2) is 19.5 Å². The molecule has 0 aliphatic heterocycles. The summed E-state index contributed by atoms with van der Waals surface area (Å²) in [6, 6.07) is 50.2. The molecule has 4 heteroatoms. The molecule has 0 spiro atoms. The van der Waals surface area contributed by atoms with E-state index in [2.05, 4.69) is 126 Å². The molecule has 2 aromatic heterocycles. The normalized spacial score (nSPS) is 11.4. The highest BCUT2D eigenvalue weighted by Gasteiger charge is 2.16. The third-order valence-electron chi connectivity index (χ3n) is 7.63. The first-order valence-corrected chi connectivity index (χ1v) is 13.7. The van der Waals surface area contributed by atoms with Crippen molar-refractivity contribution in [2.24, 2.45) is 0 Å². The summed E-state index contributed by atoms with van der Waals surface area (Å²) in [5, 5.41) is 3.35. The number of hydrogen-bond acceptors (Lipinski definition) is 3. The fourth-order valence-electron chi connectivity index (χ4n) is 5.67. The molecule has 0 aliphatic carbocycles. The van der Waals surface area contributed by atoms with Crippen molar-refractivity contribution in [1.29, 1.82) is 0 Å². The Balaban J connectivity index is 1.29. The van der Waals surface area contributed by atoms with E-state index >= 15 is 0 Å². The van der Waals surface area contributed by atoms with Gasteiger partial charge in [-0.05, 0) is 41.1 Å². The van der Waals surface area contributed by atoms with E-state index in [0.717, 1.165) is 67.0 Å². The van der Waals surface area contributed by atoms with Gasteiger partial charge in [-0.3, -0.25) is 4.57 Å². The Bertz CT molecular complexity index is 2190. The predicted molar refractivity (Wildman–Crippen MR) is 168 cm³/mol. The molecule has 0 saturated heterocycles. The monoisotopic (exact) mass is 524 g/mol. The van der Waals surface area contributed by atoms with Gasteiger partial charge in [-0.1, -0.05) is 115 Å². The molecule has 0 bridgehead atoms. The quantitative estimate of drug-likeness (QED) is 0.231. The molecule has 0 fully saturated rings. The minimum Gasteiger partial charge on any atom is -0.292 e. The predicted octanol–water partition coefficient (Wildman–Crippen LogP) is 9.12. The number of benzene rings is 6. The maximum absolute atomic E-state index is 5.16. The molecule has 192 valence electrons. The van der Waals surface area contributed by atoms with Crippen molar-refractivity contribution in [3.63, 3.8) is 0 Å². The average Bonchev–Trinajstić information content (AvgIpc) is 3.44. The second kappa shape index (κ2) is 9.54. The summed E-state index contributed by atoms with van der Waals surface area (Å²) in [6.45, 7) is 0. The van der Waals surface area contributed by atoms with Crippen molar-refractivity contribution in [2.45, 2.75) is 0 Å². The number of para-hydroxylation sites is 4. The summed E-state index contributed by atoms with van der Waals surface area (Å²) >= 11 is 0. The van der Waals surface area contributed by atoms with Crippen LogP contribution < -0.4 is 0 Å². The van der Waals surface area contributed by atoms with E-state index in [1.807, 2.05) is 24.3 Å². The third-order valence-corrected chi connectivity index (χ3v) is 7.63. The van der Waals surface area contributed by atoms with Crippen LogP contribution in [0.2, 0.25) is 0 Å². The molecule has 0 radical (unpaired) electrons. The maximum Gasteiger partial charge on any atom is 0.161 e. The summed E-state index contributed by atoms with van der Waals surface area (Å²) < 4.78 is 2.23. The Labute approximate surface area is 237 Å². The van der Waals surface area contributed by atoms with Crippen LogP contribution in [0.4, 0.5) is 0 Å². The molecule has 41 heavy (non-hydrogen) atoms. The molecular formula is C37H24N4. The Morgan fingerprint density at radius 2 is 1.10 bits per heavy atom. The zero-order valence-electron chi connectivity index (χ0n) is 22.1. The van der Waals surface area contributed by atoms with E-state index < -0.39 is 0 Å². The average molecular weight is 525 g/mol. The Kier molecular flexibility index (Phi) is 5.42. The molecule has 0 N–H and O–H groups in total. The van der Waals surface area contributed by atoms with Gasteiger partial charge in [0.2, 0.25) is 0 Å². The van der Waals surface area contributed by atoms with E-state index in [1.165, 1.54) is 5.39 Å². The van der Waals surface area contributed by atoms with Crippen LogP contribution in [-0.2, 0) is 0 Å². The number of fused-ring (bicyclic) bond motifs is 3. The lowest BCUT2D eigenvalue weighted by Crippen LogP contribution is -1.98. The smallest absolute Gasteiger partial charge is 0.161 e. The van der Waals surface area contributed by atoms with Crippen molar-refractivity contribution < 1.29 is 0 Å². The molecule has 6 aromatic carbocycles. The molecule has 4 nitrogen and oxygen atoms in total. The fraction of sp³-hybridized carbons (Fsp3) is 0. The highest BCUT2D eigenvalue weighted by atomic mass is 15.1. The number of hydrogen-bond donors (Lipinski definition) is 0. The van der Waals surface area contributed by atoms with Gasteiger partial charge in [0.15, 0.2) is 5.82 Å². The standard InChI is InChI=1S/C37H24N4/c1-2-13-28(14-3-1)41-34-20-9-8-19-33(34)39-37(41)27-23-21-26(22-24-27)35-31-16-6-7-18-32(31)38-36(40-35)30-17-10-12-25-11-4-5-15-29(25)30/h1-24H. The van der Waals surface area contributed by atoms with Gasteiger partial charge in [0, 0.05) is 27.8 Å². The largest absolute Gasteiger partial charge is 0.292 e. The molecular weight excluding hydrogens is 500 g/mol. The van der Waals surface area contributed by atoms with Crippen molar-refractivity contribution >= 4 is 32.7 Å². The third kappa shape index (κ3) is 3.97.